The van der Waals surface area contributed by atoms with Crippen LogP contribution in [-0.2, 0) is 11.4 Å². The first-order valence-corrected chi connectivity index (χ1v) is 9.15. The van der Waals surface area contributed by atoms with Crippen LogP contribution >= 0.6 is 7.26 Å². The predicted octanol–water partition coefficient (Wildman–Crippen LogP) is 2.22. The van der Waals surface area contributed by atoms with Gasteiger partial charge in [0.15, 0.2) is 0 Å². The highest BCUT2D eigenvalue weighted by Crippen LogP contribution is 2.57. The summed E-state index contributed by atoms with van der Waals surface area (Å²) in [7, 11) is -0.420. The fraction of sp³-hybridized carbons (Fsp3) is 0.643. The summed E-state index contributed by atoms with van der Waals surface area (Å²) in [6.45, 7) is 8.97. The zero-order valence-corrected chi connectivity index (χ0v) is 13.4. The number of carbonyl (C=O) groups excluding carboxylic acids is 1. The van der Waals surface area contributed by atoms with Crippen LogP contribution in [0.25, 0.3) is 0 Å². The minimum atomic E-state index is -0.500. The number of furan rings is 1. The maximum absolute atomic E-state index is 8.37. The minimum Gasteiger partial charge on any atom is -0.554 e. The van der Waals surface area contributed by atoms with Gasteiger partial charge in [0.25, 0.3) is 0 Å². The van der Waals surface area contributed by atoms with Crippen molar-refractivity contribution >= 4 is 13.7 Å². The lowest BCUT2D eigenvalue weighted by molar-refractivity contribution is -0.283. The molecule has 1 aromatic rings. The molecule has 19 heavy (non-hydrogen) atoms. The van der Waals surface area contributed by atoms with Crippen molar-refractivity contribution in [3.8, 4) is 0 Å². The monoisotopic (exact) mass is 290 g/mol. The number of aliphatic hydroxyl groups excluding tert-OH is 1. The van der Waals surface area contributed by atoms with Crippen LogP contribution in [0.4, 0.5) is 0 Å². The van der Waals surface area contributed by atoms with E-state index in [0.717, 1.165) is 5.56 Å². The quantitative estimate of drug-likeness (QED) is 0.666. The van der Waals surface area contributed by atoms with Crippen molar-refractivity contribution in [1.82, 2.24) is 0 Å². The highest BCUT2D eigenvalue weighted by atomic mass is 31.2. The van der Waals surface area contributed by atoms with Crippen LogP contribution in [0.5, 0.6) is 0 Å². The van der Waals surface area contributed by atoms with Crippen molar-refractivity contribution in [1.29, 1.82) is 0 Å². The van der Waals surface area contributed by atoms with Crippen LogP contribution in [0.15, 0.2) is 23.0 Å². The van der Waals surface area contributed by atoms with E-state index in [1.54, 1.807) is 6.07 Å². The van der Waals surface area contributed by atoms with E-state index in [0.29, 0.717) is 0 Å². The number of carboxylic acid groups (broad SMARTS) is 1. The molecule has 0 aliphatic heterocycles. The third kappa shape index (κ3) is 9.69. The van der Waals surface area contributed by atoms with Crippen molar-refractivity contribution in [3.05, 3.63) is 24.2 Å². The lowest BCUT2D eigenvalue weighted by atomic mass is 10.4. The first-order valence-electron chi connectivity index (χ1n) is 6.62. The van der Waals surface area contributed by atoms with Gasteiger partial charge in [-0.15, -0.1) is 0 Å². The lowest BCUT2D eigenvalue weighted by Crippen LogP contribution is -2.04. The average molecular weight is 290 g/mol. The van der Waals surface area contributed by atoms with Gasteiger partial charge in [0.05, 0.1) is 43.8 Å². The summed E-state index contributed by atoms with van der Waals surface area (Å²) in [5.41, 5.74) is 0.819. The SMILES string of the molecule is CC[P+](CC)(CC)CC.O=C[O-].OCc1ccoc1. The molecule has 1 N–H and O–H groups in total. The van der Waals surface area contributed by atoms with Crippen molar-refractivity contribution < 1.29 is 19.4 Å². The second-order valence-corrected chi connectivity index (χ2v) is 9.21. The molecule has 112 valence electrons. The minimum absolute atomic E-state index is 0.0660. The van der Waals surface area contributed by atoms with Crippen molar-refractivity contribution in [2.45, 2.75) is 34.3 Å². The van der Waals surface area contributed by atoms with E-state index in [1.165, 1.54) is 37.2 Å². The van der Waals surface area contributed by atoms with Crippen molar-refractivity contribution in [3.63, 3.8) is 0 Å². The summed E-state index contributed by atoms with van der Waals surface area (Å²) >= 11 is 0. The van der Waals surface area contributed by atoms with Crippen LogP contribution in [0, 0.1) is 0 Å². The molecule has 0 aliphatic rings. The fourth-order valence-corrected chi connectivity index (χ4v) is 4.41. The van der Waals surface area contributed by atoms with Crippen molar-refractivity contribution in [2.24, 2.45) is 0 Å². The normalized spacial score (nSPS) is 9.74. The third-order valence-corrected chi connectivity index (χ3v) is 8.81. The molecule has 0 bridgehead atoms. The Morgan fingerprint density at radius 3 is 1.74 bits per heavy atom. The summed E-state index contributed by atoms with van der Waals surface area (Å²) in [6, 6.07) is 1.72. The average Bonchev–Trinajstić information content (AvgIpc) is 2.97. The molecule has 1 aromatic heterocycles. The zero-order valence-electron chi connectivity index (χ0n) is 12.5. The molecule has 0 saturated carbocycles. The second kappa shape index (κ2) is 13.6. The largest absolute Gasteiger partial charge is 0.554 e. The van der Waals surface area contributed by atoms with Gasteiger partial charge in [-0.1, -0.05) is 0 Å². The number of aliphatic hydroxyl groups is 1. The molecule has 0 aromatic carbocycles. The molecule has 4 nitrogen and oxygen atoms in total. The molecule has 1 rings (SSSR count). The Labute approximate surface area is 117 Å². The van der Waals surface area contributed by atoms with E-state index in [-0.39, 0.29) is 6.61 Å². The molecular weight excluding hydrogens is 263 g/mol. The highest BCUT2D eigenvalue weighted by Gasteiger charge is 2.27. The van der Waals surface area contributed by atoms with Gasteiger partial charge in [-0.3, -0.25) is 0 Å². The molecule has 0 spiro atoms. The molecule has 1 heterocycles. The maximum atomic E-state index is 8.37. The number of carbonyl (C=O) groups is 1. The molecule has 0 amide bonds. The highest BCUT2D eigenvalue weighted by molar-refractivity contribution is 7.75. The number of hydrogen-bond acceptors (Lipinski definition) is 4. The van der Waals surface area contributed by atoms with Gasteiger partial charge in [-0.25, -0.2) is 0 Å². The van der Waals surface area contributed by atoms with E-state index in [2.05, 4.69) is 32.1 Å². The van der Waals surface area contributed by atoms with Crippen LogP contribution < -0.4 is 5.11 Å². The Morgan fingerprint density at radius 1 is 1.21 bits per heavy atom. The van der Waals surface area contributed by atoms with Crippen LogP contribution in [0.3, 0.4) is 0 Å². The van der Waals surface area contributed by atoms with Crippen LogP contribution in [-0.4, -0.2) is 36.2 Å². The first kappa shape index (κ1) is 20.5. The topological polar surface area (TPSA) is 73.5 Å². The Kier molecular flexibility index (Phi) is 14.6. The number of hydrogen-bond donors (Lipinski definition) is 1. The van der Waals surface area contributed by atoms with Crippen LogP contribution in [0.1, 0.15) is 33.3 Å². The maximum Gasteiger partial charge on any atom is 0.0957 e. The Balaban J connectivity index is 0. The predicted molar refractivity (Wildman–Crippen MR) is 79.8 cm³/mol. The molecule has 0 atom stereocenters. The first-order chi connectivity index (χ1) is 9.09. The van der Waals surface area contributed by atoms with E-state index < -0.39 is 13.7 Å². The van der Waals surface area contributed by atoms with Gasteiger partial charge >= 0.3 is 0 Å². The van der Waals surface area contributed by atoms with Gasteiger partial charge < -0.3 is 19.4 Å². The van der Waals surface area contributed by atoms with Crippen LogP contribution in [0.2, 0.25) is 0 Å². The second-order valence-electron chi connectivity index (χ2n) is 3.99. The molecule has 0 saturated heterocycles. The van der Waals surface area contributed by atoms with Gasteiger partial charge in [0, 0.05) is 19.3 Å². The van der Waals surface area contributed by atoms with Gasteiger partial charge in [0.2, 0.25) is 0 Å². The molecule has 0 unspecified atom stereocenters. The van der Waals surface area contributed by atoms with Crippen molar-refractivity contribution in [2.75, 3.05) is 24.6 Å². The summed E-state index contributed by atoms with van der Waals surface area (Å²) in [4.78, 5) is 8.25. The van der Waals surface area contributed by atoms with Gasteiger partial charge in [-0.05, 0) is 33.8 Å². The Morgan fingerprint density at radius 2 is 1.63 bits per heavy atom. The standard InChI is InChI=1S/C8H20P.C5H6O2.CH2O2/c1-5-9(6-2,7-3)8-4;6-3-5-1-2-7-4-5;2-1-3/h5-8H2,1-4H3;1-2,4,6H,3H2;1H,(H,2,3)/q+1;;/p-1. The smallest absolute Gasteiger partial charge is 0.0957 e. The fourth-order valence-electron chi connectivity index (χ4n) is 1.72. The third-order valence-electron chi connectivity index (χ3n) is 3.45. The summed E-state index contributed by atoms with van der Waals surface area (Å²) in [5, 5.41) is 16.6. The summed E-state index contributed by atoms with van der Waals surface area (Å²) < 4.78 is 4.65. The van der Waals surface area contributed by atoms with Gasteiger partial charge in [0.1, 0.15) is 0 Å². The summed E-state index contributed by atoms with van der Waals surface area (Å²) in [6.07, 6.45) is 8.87. The summed E-state index contributed by atoms with van der Waals surface area (Å²) in [5.74, 6) is 0. The van der Waals surface area contributed by atoms with E-state index in [1.807, 2.05) is 0 Å². The van der Waals surface area contributed by atoms with E-state index >= 15 is 0 Å². The molecule has 5 heteroatoms. The Bertz CT molecular complexity index is 264. The number of rotatable bonds is 5. The molecule has 0 radical (unpaired) electrons. The zero-order chi connectivity index (χ0) is 15.1. The lowest BCUT2D eigenvalue weighted by Gasteiger charge is -2.20. The van der Waals surface area contributed by atoms with E-state index in [4.69, 9.17) is 15.0 Å². The van der Waals surface area contributed by atoms with E-state index in [9.17, 15) is 0 Å². The Hall–Kier alpha value is -0.860. The molecular formula is C14H27O4P. The molecule has 0 fully saturated rings. The molecule has 0 aliphatic carbocycles. The van der Waals surface area contributed by atoms with Gasteiger partial charge in [-0.2, -0.15) is 0 Å².